The summed E-state index contributed by atoms with van der Waals surface area (Å²) in [4.78, 5) is 8.72. The van der Waals surface area contributed by atoms with E-state index in [0.717, 1.165) is 23.2 Å². The summed E-state index contributed by atoms with van der Waals surface area (Å²) in [6, 6.07) is 2.73. The summed E-state index contributed by atoms with van der Waals surface area (Å²) in [6.45, 7) is 0. The van der Waals surface area contributed by atoms with Gasteiger partial charge in [0.05, 0.1) is 10.2 Å². The van der Waals surface area contributed by atoms with Crippen molar-refractivity contribution in [3.05, 3.63) is 17.8 Å². The Morgan fingerprint density at radius 2 is 1.94 bits per heavy atom. The van der Waals surface area contributed by atoms with Crippen LogP contribution in [-0.4, -0.2) is 16.0 Å². The van der Waals surface area contributed by atoms with Crippen molar-refractivity contribution in [1.29, 1.82) is 0 Å². The Bertz CT molecular complexity index is 530. The highest BCUT2D eigenvalue weighted by atomic mass is 32.1. The van der Waals surface area contributed by atoms with Gasteiger partial charge < -0.3 is 5.32 Å². The van der Waals surface area contributed by atoms with Crippen molar-refractivity contribution in [2.24, 2.45) is 11.8 Å². The summed E-state index contributed by atoms with van der Waals surface area (Å²) >= 11 is 1.73. The van der Waals surface area contributed by atoms with Crippen LogP contribution in [0.2, 0.25) is 0 Å². The molecular weight excluding hydrogens is 230 g/mol. The van der Waals surface area contributed by atoms with Gasteiger partial charge >= 0.3 is 0 Å². The maximum atomic E-state index is 4.43. The number of hydrogen-bond acceptors (Lipinski definition) is 4. The lowest BCUT2D eigenvalue weighted by molar-refractivity contribution is 0.566. The van der Waals surface area contributed by atoms with Crippen LogP contribution in [0.3, 0.4) is 0 Å². The topological polar surface area (TPSA) is 37.8 Å². The number of rotatable bonds is 4. The molecule has 0 spiro atoms. The molecule has 2 aromatic heterocycles. The van der Waals surface area contributed by atoms with Crippen LogP contribution >= 0.6 is 11.3 Å². The zero-order valence-electron chi connectivity index (χ0n) is 9.60. The van der Waals surface area contributed by atoms with E-state index in [0.29, 0.717) is 6.04 Å². The molecule has 88 valence electrons. The highest BCUT2D eigenvalue weighted by molar-refractivity contribution is 7.17. The number of fused-ring (bicyclic) bond motifs is 1. The molecule has 0 atom stereocenters. The first-order valence-electron chi connectivity index (χ1n) is 6.36. The van der Waals surface area contributed by atoms with Crippen molar-refractivity contribution in [3.8, 4) is 0 Å². The van der Waals surface area contributed by atoms with Gasteiger partial charge in [-0.2, -0.15) is 0 Å². The first-order chi connectivity index (χ1) is 8.42. The zero-order valence-corrected chi connectivity index (χ0v) is 10.4. The van der Waals surface area contributed by atoms with E-state index in [1.807, 2.05) is 0 Å². The molecule has 2 aromatic rings. The summed E-state index contributed by atoms with van der Waals surface area (Å²) in [5, 5.41) is 5.78. The van der Waals surface area contributed by atoms with Crippen molar-refractivity contribution < 1.29 is 0 Å². The van der Waals surface area contributed by atoms with Crippen LogP contribution in [0.25, 0.3) is 10.2 Å². The first-order valence-corrected chi connectivity index (χ1v) is 7.24. The van der Waals surface area contributed by atoms with Crippen molar-refractivity contribution in [1.82, 2.24) is 9.97 Å². The quantitative estimate of drug-likeness (QED) is 0.898. The van der Waals surface area contributed by atoms with Crippen LogP contribution in [0, 0.1) is 11.8 Å². The van der Waals surface area contributed by atoms with Crippen LogP contribution in [0.1, 0.15) is 25.7 Å². The molecule has 0 aliphatic heterocycles. The SMILES string of the molecule is c1nc(NC(C2CC2)C2CC2)c2sccc2n1. The molecule has 2 saturated carbocycles. The van der Waals surface area contributed by atoms with Crippen molar-refractivity contribution >= 4 is 27.4 Å². The van der Waals surface area contributed by atoms with Crippen molar-refractivity contribution in [2.45, 2.75) is 31.7 Å². The van der Waals surface area contributed by atoms with Crippen LogP contribution in [0.15, 0.2) is 17.8 Å². The molecule has 1 N–H and O–H groups in total. The fourth-order valence-corrected chi connectivity index (χ4v) is 3.38. The Hall–Kier alpha value is -1.16. The monoisotopic (exact) mass is 245 g/mol. The summed E-state index contributed by atoms with van der Waals surface area (Å²) in [6.07, 6.45) is 7.26. The second kappa shape index (κ2) is 3.67. The van der Waals surface area contributed by atoms with E-state index in [2.05, 4.69) is 26.7 Å². The molecule has 3 nitrogen and oxygen atoms in total. The molecule has 0 aromatic carbocycles. The van der Waals surface area contributed by atoms with E-state index in [9.17, 15) is 0 Å². The summed E-state index contributed by atoms with van der Waals surface area (Å²) in [7, 11) is 0. The second-order valence-corrected chi connectivity index (χ2v) is 6.12. The Labute approximate surface area is 104 Å². The lowest BCUT2D eigenvalue weighted by atomic mass is 10.1. The third-order valence-electron chi connectivity index (χ3n) is 3.81. The molecule has 0 amide bonds. The van der Waals surface area contributed by atoms with Gasteiger partial charge in [-0.25, -0.2) is 9.97 Å². The third-order valence-corrected chi connectivity index (χ3v) is 4.72. The highest BCUT2D eigenvalue weighted by Gasteiger charge is 2.41. The molecule has 0 radical (unpaired) electrons. The number of anilines is 1. The molecule has 2 fully saturated rings. The van der Waals surface area contributed by atoms with Gasteiger partial charge in [-0.05, 0) is 49.0 Å². The van der Waals surface area contributed by atoms with Gasteiger partial charge in [0.1, 0.15) is 12.1 Å². The minimum absolute atomic E-state index is 0.662. The predicted molar refractivity (Wildman–Crippen MR) is 70.3 cm³/mol. The van der Waals surface area contributed by atoms with E-state index < -0.39 is 0 Å². The molecule has 4 heteroatoms. The molecule has 2 aliphatic carbocycles. The van der Waals surface area contributed by atoms with Gasteiger partial charge in [0.25, 0.3) is 0 Å². The number of aromatic nitrogens is 2. The van der Waals surface area contributed by atoms with Crippen LogP contribution < -0.4 is 5.32 Å². The van der Waals surface area contributed by atoms with Gasteiger partial charge in [-0.1, -0.05) is 0 Å². The van der Waals surface area contributed by atoms with Crippen molar-refractivity contribution in [3.63, 3.8) is 0 Å². The Morgan fingerprint density at radius 1 is 1.18 bits per heavy atom. The fraction of sp³-hybridized carbons (Fsp3) is 0.538. The normalized spacial score (nSPS) is 20.1. The van der Waals surface area contributed by atoms with Gasteiger partial charge in [0.15, 0.2) is 0 Å². The molecule has 17 heavy (non-hydrogen) atoms. The minimum Gasteiger partial charge on any atom is -0.365 e. The molecule has 0 unspecified atom stereocenters. The Balaban J connectivity index is 1.66. The van der Waals surface area contributed by atoms with Crippen LogP contribution in [-0.2, 0) is 0 Å². The van der Waals surface area contributed by atoms with E-state index in [1.54, 1.807) is 17.7 Å². The van der Waals surface area contributed by atoms with Gasteiger partial charge in [-0.15, -0.1) is 11.3 Å². The first kappa shape index (κ1) is 9.83. The van der Waals surface area contributed by atoms with E-state index in [-0.39, 0.29) is 0 Å². The van der Waals surface area contributed by atoms with E-state index in [4.69, 9.17) is 0 Å². The Kier molecular flexibility index (Phi) is 2.12. The number of hydrogen-bond donors (Lipinski definition) is 1. The lowest BCUT2D eigenvalue weighted by Gasteiger charge is -2.18. The number of nitrogens with zero attached hydrogens (tertiary/aromatic N) is 2. The second-order valence-electron chi connectivity index (χ2n) is 5.20. The summed E-state index contributed by atoms with van der Waals surface area (Å²) in [5.41, 5.74) is 1.07. The van der Waals surface area contributed by atoms with Crippen molar-refractivity contribution in [2.75, 3.05) is 5.32 Å². The molecule has 0 bridgehead atoms. The van der Waals surface area contributed by atoms with Crippen LogP contribution in [0.4, 0.5) is 5.82 Å². The zero-order chi connectivity index (χ0) is 11.2. The molecule has 0 saturated heterocycles. The maximum Gasteiger partial charge on any atom is 0.147 e. The fourth-order valence-electron chi connectivity index (χ4n) is 2.58. The molecule has 2 heterocycles. The Morgan fingerprint density at radius 3 is 2.65 bits per heavy atom. The largest absolute Gasteiger partial charge is 0.365 e. The highest BCUT2D eigenvalue weighted by Crippen LogP contribution is 2.46. The number of nitrogens with one attached hydrogen (secondary N) is 1. The third kappa shape index (κ3) is 1.80. The minimum atomic E-state index is 0.662. The maximum absolute atomic E-state index is 4.43. The van der Waals surface area contributed by atoms with Gasteiger partial charge in [0.2, 0.25) is 0 Å². The molecular formula is C13H15N3S. The lowest BCUT2D eigenvalue weighted by Crippen LogP contribution is -2.24. The van der Waals surface area contributed by atoms with Crippen LogP contribution in [0.5, 0.6) is 0 Å². The average molecular weight is 245 g/mol. The molecule has 4 rings (SSSR count). The van der Waals surface area contributed by atoms with Gasteiger partial charge in [0, 0.05) is 6.04 Å². The molecule has 2 aliphatic rings. The summed E-state index contributed by atoms with van der Waals surface area (Å²) in [5.74, 6) is 2.84. The standard InChI is InChI=1S/C13H15N3S/c1-2-8(1)11(9-3-4-9)16-13-12-10(5-6-17-12)14-7-15-13/h5-9,11H,1-4H2,(H,14,15,16). The average Bonchev–Trinajstić information content (AvgIpc) is 3.25. The smallest absolute Gasteiger partial charge is 0.147 e. The van der Waals surface area contributed by atoms with E-state index >= 15 is 0 Å². The summed E-state index contributed by atoms with van der Waals surface area (Å²) < 4.78 is 1.21. The van der Waals surface area contributed by atoms with Gasteiger partial charge in [-0.3, -0.25) is 0 Å². The van der Waals surface area contributed by atoms with E-state index in [1.165, 1.54) is 30.4 Å². The number of thiophene rings is 1. The predicted octanol–water partition coefficient (Wildman–Crippen LogP) is 3.29.